The van der Waals surface area contributed by atoms with Crippen LogP contribution in [-0.2, 0) is 9.84 Å². The number of benzene rings is 2. The first-order valence-electron chi connectivity index (χ1n) is 5.74. The summed E-state index contributed by atoms with van der Waals surface area (Å²) in [4.78, 5) is 0. The molecule has 0 radical (unpaired) electrons. The molecule has 0 saturated heterocycles. The van der Waals surface area contributed by atoms with Gasteiger partial charge in [0.05, 0.1) is 0 Å². The highest BCUT2D eigenvalue weighted by Crippen LogP contribution is 2.39. The minimum Gasteiger partial charge on any atom is -0.219 e. The van der Waals surface area contributed by atoms with Gasteiger partial charge in [-0.15, -0.1) is 0 Å². The van der Waals surface area contributed by atoms with Gasteiger partial charge in [-0.3, -0.25) is 0 Å². The van der Waals surface area contributed by atoms with E-state index in [-0.39, 0.29) is 11.1 Å². The molecule has 2 rings (SSSR count). The van der Waals surface area contributed by atoms with Gasteiger partial charge >= 0.3 is 5.51 Å². The van der Waals surface area contributed by atoms with Gasteiger partial charge < -0.3 is 0 Å². The molecule has 0 spiro atoms. The summed E-state index contributed by atoms with van der Waals surface area (Å²) in [6.07, 6.45) is 0. The summed E-state index contributed by atoms with van der Waals surface area (Å²) in [6, 6.07) is 14.8. The molecule has 0 bridgehead atoms. The van der Waals surface area contributed by atoms with Crippen molar-refractivity contribution in [2.24, 2.45) is 0 Å². The third kappa shape index (κ3) is 2.70. The van der Waals surface area contributed by atoms with Crippen LogP contribution in [0.15, 0.2) is 60.7 Å². The molecule has 0 atom stereocenters. The highest BCUT2D eigenvalue weighted by molar-refractivity contribution is 7.92. The van der Waals surface area contributed by atoms with E-state index in [1.165, 1.54) is 48.5 Å². The van der Waals surface area contributed by atoms with E-state index in [4.69, 9.17) is 0 Å². The first kappa shape index (κ1) is 14.6. The zero-order valence-electron chi connectivity index (χ0n) is 10.2. The largest absolute Gasteiger partial charge is 0.498 e. The van der Waals surface area contributed by atoms with E-state index in [2.05, 4.69) is 0 Å². The predicted octanol–water partition coefficient (Wildman–Crippen LogP) is 3.71. The van der Waals surface area contributed by atoms with E-state index in [1.54, 1.807) is 12.1 Å². The van der Waals surface area contributed by atoms with Crippen LogP contribution >= 0.6 is 0 Å². The van der Waals surface area contributed by atoms with E-state index < -0.39 is 20.6 Å². The fourth-order valence-electron chi connectivity index (χ4n) is 1.94. The maximum absolute atomic E-state index is 12.9. The summed E-state index contributed by atoms with van der Waals surface area (Å²) in [5.74, 6) is 0. The van der Waals surface area contributed by atoms with Crippen LogP contribution < -0.4 is 0 Å². The summed E-state index contributed by atoms with van der Waals surface area (Å²) in [7, 11) is -5.34. The number of rotatable bonds is 3. The van der Waals surface area contributed by atoms with E-state index in [0.29, 0.717) is 0 Å². The molecule has 2 aromatic carbocycles. The molecule has 106 valence electrons. The standard InChI is InChI=1S/C14H11F3O2S/c15-14(16,17)20(18,19)13(11-7-3-1-4-8-11)12-9-5-2-6-10-12/h1-10,13H. The Bertz CT molecular complexity index is 625. The van der Waals surface area contributed by atoms with Crippen molar-refractivity contribution in [3.63, 3.8) is 0 Å². The summed E-state index contributed by atoms with van der Waals surface area (Å²) >= 11 is 0. The van der Waals surface area contributed by atoms with Crippen LogP contribution in [0.3, 0.4) is 0 Å². The molecule has 0 aromatic heterocycles. The van der Waals surface area contributed by atoms with Crippen LogP contribution in [-0.4, -0.2) is 13.9 Å². The van der Waals surface area contributed by atoms with Crippen LogP contribution in [0.2, 0.25) is 0 Å². The second-order valence-electron chi connectivity index (χ2n) is 4.19. The Kier molecular flexibility index (Phi) is 3.85. The van der Waals surface area contributed by atoms with Crippen LogP contribution in [0.5, 0.6) is 0 Å². The Labute approximate surface area is 114 Å². The molecular formula is C14H11F3O2S. The number of hydrogen-bond acceptors (Lipinski definition) is 2. The molecule has 6 heteroatoms. The van der Waals surface area contributed by atoms with Gasteiger partial charge in [-0.05, 0) is 11.1 Å². The molecule has 0 heterocycles. The molecule has 0 aliphatic heterocycles. The molecule has 0 fully saturated rings. The van der Waals surface area contributed by atoms with Crippen molar-refractivity contribution in [1.82, 2.24) is 0 Å². The van der Waals surface area contributed by atoms with Gasteiger partial charge in [0, 0.05) is 0 Å². The zero-order valence-corrected chi connectivity index (χ0v) is 11.0. The Morgan fingerprint density at radius 1 is 0.750 bits per heavy atom. The van der Waals surface area contributed by atoms with Crippen molar-refractivity contribution in [1.29, 1.82) is 0 Å². The molecule has 0 amide bonds. The molecular weight excluding hydrogens is 289 g/mol. The lowest BCUT2D eigenvalue weighted by Crippen LogP contribution is -2.29. The smallest absolute Gasteiger partial charge is 0.219 e. The first-order chi connectivity index (χ1) is 9.34. The van der Waals surface area contributed by atoms with Crippen molar-refractivity contribution in [3.8, 4) is 0 Å². The van der Waals surface area contributed by atoms with Crippen molar-refractivity contribution < 1.29 is 21.6 Å². The summed E-state index contributed by atoms with van der Waals surface area (Å²) in [6.45, 7) is 0. The summed E-state index contributed by atoms with van der Waals surface area (Å²) in [5, 5.41) is -1.75. The average molecular weight is 300 g/mol. The zero-order chi connectivity index (χ0) is 14.8. The van der Waals surface area contributed by atoms with Crippen LogP contribution in [0.1, 0.15) is 16.4 Å². The van der Waals surface area contributed by atoms with E-state index >= 15 is 0 Å². The van der Waals surface area contributed by atoms with Gasteiger partial charge in [0.15, 0.2) is 0 Å². The fraction of sp³-hybridized carbons (Fsp3) is 0.143. The quantitative estimate of drug-likeness (QED) is 0.866. The average Bonchev–Trinajstić information content (AvgIpc) is 2.40. The lowest BCUT2D eigenvalue weighted by atomic mass is 10.0. The maximum atomic E-state index is 12.9. The van der Waals surface area contributed by atoms with Crippen molar-refractivity contribution in [2.45, 2.75) is 10.8 Å². The highest BCUT2D eigenvalue weighted by Gasteiger charge is 2.51. The molecule has 0 saturated carbocycles. The number of halogens is 3. The Morgan fingerprint density at radius 2 is 1.10 bits per heavy atom. The van der Waals surface area contributed by atoms with Crippen LogP contribution in [0.25, 0.3) is 0 Å². The number of sulfone groups is 1. The van der Waals surface area contributed by atoms with Crippen molar-refractivity contribution >= 4 is 9.84 Å². The Morgan fingerprint density at radius 3 is 1.40 bits per heavy atom. The first-order valence-corrected chi connectivity index (χ1v) is 7.29. The molecule has 2 nitrogen and oxygen atoms in total. The van der Waals surface area contributed by atoms with Crippen molar-refractivity contribution in [2.75, 3.05) is 0 Å². The number of hydrogen-bond donors (Lipinski definition) is 0. The third-order valence-corrected chi connectivity index (χ3v) is 4.65. The second-order valence-corrected chi connectivity index (χ2v) is 6.22. The van der Waals surface area contributed by atoms with Gasteiger partial charge in [0.25, 0.3) is 9.84 Å². The monoisotopic (exact) mass is 300 g/mol. The Balaban J connectivity index is 2.64. The Hall–Kier alpha value is -1.82. The van der Waals surface area contributed by atoms with E-state index in [0.717, 1.165) is 0 Å². The minimum atomic E-state index is -5.34. The molecule has 0 aliphatic rings. The normalized spacial score (nSPS) is 12.6. The van der Waals surface area contributed by atoms with E-state index in [9.17, 15) is 21.6 Å². The van der Waals surface area contributed by atoms with Crippen LogP contribution in [0, 0.1) is 0 Å². The molecule has 0 aliphatic carbocycles. The molecule has 2 aromatic rings. The predicted molar refractivity (Wildman–Crippen MR) is 69.7 cm³/mol. The fourth-order valence-corrected chi connectivity index (χ4v) is 3.24. The molecule has 20 heavy (non-hydrogen) atoms. The summed E-state index contributed by atoms with van der Waals surface area (Å²) in [5.41, 5.74) is -5.12. The van der Waals surface area contributed by atoms with Gasteiger partial charge in [-0.25, -0.2) is 8.42 Å². The van der Waals surface area contributed by atoms with Gasteiger partial charge in [-0.1, -0.05) is 60.7 Å². The highest BCUT2D eigenvalue weighted by atomic mass is 32.2. The second kappa shape index (κ2) is 5.28. The maximum Gasteiger partial charge on any atom is 0.498 e. The minimum absolute atomic E-state index is 0.0935. The van der Waals surface area contributed by atoms with Gasteiger partial charge in [-0.2, -0.15) is 13.2 Å². The lowest BCUT2D eigenvalue weighted by molar-refractivity contribution is -0.0442. The summed E-state index contributed by atoms with van der Waals surface area (Å²) < 4.78 is 62.3. The number of alkyl halides is 3. The van der Waals surface area contributed by atoms with E-state index in [1.807, 2.05) is 0 Å². The SMILES string of the molecule is O=S(=O)(C(c1ccccc1)c1ccccc1)C(F)(F)F. The molecule has 0 unspecified atom stereocenters. The van der Waals surface area contributed by atoms with Crippen molar-refractivity contribution in [3.05, 3.63) is 71.8 Å². The lowest BCUT2D eigenvalue weighted by Gasteiger charge is -2.20. The third-order valence-electron chi connectivity index (χ3n) is 2.84. The topological polar surface area (TPSA) is 34.1 Å². The van der Waals surface area contributed by atoms with Gasteiger partial charge in [0.1, 0.15) is 5.25 Å². The van der Waals surface area contributed by atoms with Gasteiger partial charge in [0.2, 0.25) is 0 Å². The van der Waals surface area contributed by atoms with Crippen LogP contribution in [0.4, 0.5) is 13.2 Å². The molecule has 0 N–H and O–H groups in total.